The third kappa shape index (κ3) is 2.53. The third-order valence-corrected chi connectivity index (χ3v) is 3.82. The highest BCUT2D eigenvalue weighted by molar-refractivity contribution is 6.31. The molecule has 1 aliphatic carbocycles. The van der Waals surface area contributed by atoms with Crippen molar-refractivity contribution < 1.29 is 0 Å². The monoisotopic (exact) mass is 223 g/mol. The van der Waals surface area contributed by atoms with Crippen LogP contribution in [-0.4, -0.2) is 5.54 Å². The van der Waals surface area contributed by atoms with E-state index in [9.17, 15) is 0 Å². The van der Waals surface area contributed by atoms with Crippen molar-refractivity contribution in [3.63, 3.8) is 0 Å². The maximum atomic E-state index is 6.08. The zero-order chi connectivity index (χ0) is 10.9. The highest BCUT2D eigenvalue weighted by atomic mass is 35.5. The Kier molecular flexibility index (Phi) is 3.03. The van der Waals surface area contributed by atoms with Gasteiger partial charge in [0, 0.05) is 17.1 Å². The van der Waals surface area contributed by atoms with Gasteiger partial charge >= 0.3 is 0 Å². The number of rotatable bonds is 3. The van der Waals surface area contributed by atoms with Gasteiger partial charge < -0.3 is 5.32 Å². The van der Waals surface area contributed by atoms with E-state index < -0.39 is 0 Å². The van der Waals surface area contributed by atoms with Crippen LogP contribution in [0.15, 0.2) is 18.2 Å². The van der Waals surface area contributed by atoms with Crippen LogP contribution in [-0.2, 0) is 6.54 Å². The second-order valence-corrected chi connectivity index (χ2v) is 5.26. The van der Waals surface area contributed by atoms with Gasteiger partial charge in [-0.1, -0.05) is 23.7 Å². The van der Waals surface area contributed by atoms with Crippen molar-refractivity contribution in [2.24, 2.45) is 0 Å². The van der Waals surface area contributed by atoms with Crippen LogP contribution >= 0.6 is 11.6 Å². The molecule has 0 amide bonds. The summed E-state index contributed by atoms with van der Waals surface area (Å²) >= 11 is 6.08. The van der Waals surface area contributed by atoms with Crippen molar-refractivity contribution in [2.45, 2.75) is 45.2 Å². The Bertz CT molecular complexity index is 356. The Morgan fingerprint density at radius 2 is 2.13 bits per heavy atom. The molecule has 1 saturated carbocycles. The van der Waals surface area contributed by atoms with E-state index in [-0.39, 0.29) is 0 Å². The van der Waals surface area contributed by atoms with Crippen molar-refractivity contribution in [3.8, 4) is 0 Å². The van der Waals surface area contributed by atoms with Gasteiger partial charge in [0.1, 0.15) is 0 Å². The molecular weight excluding hydrogens is 206 g/mol. The fourth-order valence-corrected chi connectivity index (χ4v) is 2.15. The molecule has 0 spiro atoms. The molecule has 0 aromatic heterocycles. The Balaban J connectivity index is 1.96. The predicted octanol–water partition coefficient (Wildman–Crippen LogP) is 3.68. The van der Waals surface area contributed by atoms with E-state index in [2.05, 4.69) is 30.4 Å². The number of nitrogens with one attached hydrogen (secondary N) is 1. The molecule has 1 aliphatic rings. The lowest BCUT2D eigenvalue weighted by molar-refractivity contribution is 0.207. The van der Waals surface area contributed by atoms with Gasteiger partial charge in [-0.15, -0.1) is 0 Å². The third-order valence-electron chi connectivity index (χ3n) is 3.41. The smallest absolute Gasteiger partial charge is 0.0438 e. The molecule has 0 unspecified atom stereocenters. The van der Waals surface area contributed by atoms with Crippen LogP contribution in [0.5, 0.6) is 0 Å². The maximum Gasteiger partial charge on any atom is 0.0438 e. The van der Waals surface area contributed by atoms with E-state index in [0.29, 0.717) is 5.54 Å². The minimum Gasteiger partial charge on any atom is -0.307 e. The van der Waals surface area contributed by atoms with Crippen LogP contribution in [0.3, 0.4) is 0 Å². The van der Waals surface area contributed by atoms with Gasteiger partial charge in [0.05, 0.1) is 0 Å². The summed E-state index contributed by atoms with van der Waals surface area (Å²) in [4.78, 5) is 0. The summed E-state index contributed by atoms with van der Waals surface area (Å²) in [6.45, 7) is 5.26. The van der Waals surface area contributed by atoms with Crippen LogP contribution in [0.1, 0.15) is 37.3 Å². The molecule has 2 heteroatoms. The molecule has 15 heavy (non-hydrogen) atoms. The molecule has 0 saturated heterocycles. The highest BCUT2D eigenvalue weighted by Crippen LogP contribution is 2.31. The first-order chi connectivity index (χ1) is 7.09. The summed E-state index contributed by atoms with van der Waals surface area (Å²) < 4.78 is 0. The Morgan fingerprint density at radius 1 is 1.40 bits per heavy atom. The molecule has 82 valence electrons. The Morgan fingerprint density at radius 3 is 2.67 bits per heavy atom. The van der Waals surface area contributed by atoms with E-state index in [1.165, 1.54) is 24.8 Å². The fraction of sp³-hybridized carbons (Fsp3) is 0.538. The minimum atomic E-state index is 0.372. The lowest BCUT2D eigenvalue weighted by Gasteiger charge is -2.39. The second kappa shape index (κ2) is 4.15. The quantitative estimate of drug-likeness (QED) is 0.825. The summed E-state index contributed by atoms with van der Waals surface area (Å²) in [5, 5.41) is 4.47. The SMILES string of the molecule is Cc1ccc(CNC2(C)CCC2)cc1Cl. The fourth-order valence-electron chi connectivity index (χ4n) is 1.95. The molecule has 0 atom stereocenters. The zero-order valence-electron chi connectivity index (χ0n) is 9.44. The summed E-state index contributed by atoms with van der Waals surface area (Å²) in [6.07, 6.45) is 3.96. The van der Waals surface area contributed by atoms with E-state index in [1.807, 2.05) is 6.92 Å². The maximum absolute atomic E-state index is 6.08. The average molecular weight is 224 g/mol. The molecule has 1 aromatic carbocycles. The van der Waals surface area contributed by atoms with E-state index in [0.717, 1.165) is 17.1 Å². The van der Waals surface area contributed by atoms with Gasteiger partial charge in [-0.3, -0.25) is 0 Å². The number of aryl methyl sites for hydroxylation is 1. The highest BCUT2D eigenvalue weighted by Gasteiger charge is 2.30. The molecule has 2 rings (SSSR count). The van der Waals surface area contributed by atoms with Crippen molar-refractivity contribution >= 4 is 11.6 Å². The lowest BCUT2D eigenvalue weighted by atomic mass is 9.78. The van der Waals surface area contributed by atoms with Crippen LogP contribution in [0.4, 0.5) is 0 Å². The summed E-state index contributed by atoms with van der Waals surface area (Å²) in [5.74, 6) is 0. The molecule has 1 aromatic rings. The average Bonchev–Trinajstić information content (AvgIpc) is 2.17. The van der Waals surface area contributed by atoms with Gasteiger partial charge in [0.2, 0.25) is 0 Å². The summed E-state index contributed by atoms with van der Waals surface area (Å²) in [7, 11) is 0. The molecule has 1 nitrogen and oxygen atoms in total. The number of halogens is 1. The number of hydrogen-bond acceptors (Lipinski definition) is 1. The van der Waals surface area contributed by atoms with Gasteiger partial charge in [-0.05, 0) is 50.3 Å². The number of hydrogen-bond donors (Lipinski definition) is 1. The standard InChI is InChI=1S/C13H18ClN/c1-10-4-5-11(8-12(10)14)9-15-13(2)6-3-7-13/h4-5,8,15H,3,6-7,9H2,1-2H3. The van der Waals surface area contributed by atoms with Gasteiger partial charge in [0.25, 0.3) is 0 Å². The van der Waals surface area contributed by atoms with E-state index in [4.69, 9.17) is 11.6 Å². The van der Waals surface area contributed by atoms with Crippen molar-refractivity contribution in [3.05, 3.63) is 34.3 Å². The lowest BCUT2D eigenvalue weighted by Crippen LogP contribution is -2.47. The normalized spacial score (nSPS) is 18.6. The largest absolute Gasteiger partial charge is 0.307 e. The van der Waals surface area contributed by atoms with Crippen molar-refractivity contribution in [2.75, 3.05) is 0 Å². The number of benzene rings is 1. The van der Waals surface area contributed by atoms with Crippen LogP contribution < -0.4 is 5.32 Å². The summed E-state index contributed by atoms with van der Waals surface area (Å²) in [6, 6.07) is 6.30. The van der Waals surface area contributed by atoms with Crippen molar-refractivity contribution in [1.82, 2.24) is 5.32 Å². The van der Waals surface area contributed by atoms with E-state index >= 15 is 0 Å². The van der Waals surface area contributed by atoms with E-state index in [1.54, 1.807) is 0 Å². The molecule has 1 N–H and O–H groups in total. The van der Waals surface area contributed by atoms with Crippen LogP contribution in [0, 0.1) is 6.92 Å². The predicted molar refractivity (Wildman–Crippen MR) is 65.3 cm³/mol. The Labute approximate surface area is 96.8 Å². The zero-order valence-corrected chi connectivity index (χ0v) is 10.2. The first-order valence-electron chi connectivity index (χ1n) is 5.59. The summed E-state index contributed by atoms with van der Waals surface area (Å²) in [5.41, 5.74) is 2.80. The minimum absolute atomic E-state index is 0.372. The molecule has 1 fully saturated rings. The Hall–Kier alpha value is -0.530. The molecule has 0 heterocycles. The molecular formula is C13H18ClN. The topological polar surface area (TPSA) is 12.0 Å². The van der Waals surface area contributed by atoms with Gasteiger partial charge in [-0.25, -0.2) is 0 Å². The van der Waals surface area contributed by atoms with Gasteiger partial charge in [0.15, 0.2) is 0 Å². The first-order valence-corrected chi connectivity index (χ1v) is 5.97. The molecule has 0 aliphatic heterocycles. The molecule has 0 bridgehead atoms. The second-order valence-electron chi connectivity index (χ2n) is 4.85. The van der Waals surface area contributed by atoms with Crippen molar-refractivity contribution in [1.29, 1.82) is 0 Å². The van der Waals surface area contributed by atoms with Crippen LogP contribution in [0.2, 0.25) is 5.02 Å². The van der Waals surface area contributed by atoms with Crippen LogP contribution in [0.25, 0.3) is 0 Å². The van der Waals surface area contributed by atoms with Gasteiger partial charge in [-0.2, -0.15) is 0 Å². The first kappa shape index (κ1) is 11.0. The molecule has 0 radical (unpaired) electrons.